The third-order valence-corrected chi connectivity index (χ3v) is 4.08. The largest absolute Gasteiger partial charge is 0.481 e. The van der Waals surface area contributed by atoms with Gasteiger partial charge in [-0.25, -0.2) is 9.36 Å². The van der Waals surface area contributed by atoms with Crippen LogP contribution in [0.1, 0.15) is 34.6 Å². The lowest BCUT2D eigenvalue weighted by Gasteiger charge is -2.16. The van der Waals surface area contributed by atoms with Crippen molar-refractivity contribution in [2.45, 2.75) is 19.9 Å². The zero-order chi connectivity index (χ0) is 18.0. The molecule has 0 bridgehead atoms. The second-order valence-corrected chi connectivity index (χ2v) is 5.83. The minimum absolute atomic E-state index is 0.174. The highest BCUT2D eigenvalue weighted by Crippen LogP contribution is 2.23. The van der Waals surface area contributed by atoms with Crippen molar-refractivity contribution < 1.29 is 9.53 Å². The number of amides is 1. The van der Waals surface area contributed by atoms with Gasteiger partial charge >= 0.3 is 0 Å². The van der Waals surface area contributed by atoms with Crippen LogP contribution in [0.4, 0.5) is 0 Å². The number of methoxy groups -OCH3 is 1. The molecule has 2 aromatic heterocycles. The Labute approximate surface area is 146 Å². The zero-order valence-electron chi connectivity index (χ0n) is 14.7. The van der Waals surface area contributed by atoms with Gasteiger partial charge in [0.25, 0.3) is 5.91 Å². The number of carbonyl (C=O) groups excluding carboxylic acids is 1. The molecule has 0 aliphatic heterocycles. The molecule has 1 N–H and O–H groups in total. The van der Waals surface area contributed by atoms with Crippen LogP contribution in [0.15, 0.2) is 42.7 Å². The number of rotatable bonds is 5. The molecule has 3 rings (SSSR count). The number of hydrogen-bond donors (Lipinski definition) is 1. The van der Waals surface area contributed by atoms with E-state index in [-0.39, 0.29) is 11.9 Å². The van der Waals surface area contributed by atoms with Gasteiger partial charge in [0, 0.05) is 19.4 Å². The lowest BCUT2D eigenvalue weighted by Crippen LogP contribution is -2.27. The molecule has 25 heavy (non-hydrogen) atoms. The molecule has 0 aliphatic rings. The Hall–Kier alpha value is -3.09. The first-order chi connectivity index (χ1) is 12.0. The Kier molecular flexibility index (Phi) is 4.56. The molecule has 0 unspecified atom stereocenters. The van der Waals surface area contributed by atoms with E-state index in [9.17, 15) is 4.79 Å². The molecule has 0 radical (unpaired) electrons. The fraction of sp³-hybridized carbons (Fsp3) is 0.278. The van der Waals surface area contributed by atoms with Gasteiger partial charge in [-0.3, -0.25) is 4.79 Å². The van der Waals surface area contributed by atoms with Crippen LogP contribution in [0.5, 0.6) is 5.88 Å². The summed E-state index contributed by atoms with van der Waals surface area (Å²) in [4.78, 5) is 12.7. The quantitative estimate of drug-likeness (QED) is 0.775. The van der Waals surface area contributed by atoms with Crippen LogP contribution in [-0.2, 0) is 7.05 Å². The van der Waals surface area contributed by atoms with Crippen molar-refractivity contribution >= 4 is 5.91 Å². The number of hydrogen-bond acceptors (Lipinski definition) is 4. The first kappa shape index (κ1) is 16.8. The van der Waals surface area contributed by atoms with Gasteiger partial charge in [0.05, 0.1) is 24.5 Å². The standard InChI is InChI=1S/C18H21N5O2/c1-12(14-7-5-8-15(11-14)23-10-6-9-19-23)20-17(24)16-13(2)21-22(3)18(16)25-4/h5-12H,1-4H3,(H,20,24)/t12-/m1/s1. The summed E-state index contributed by atoms with van der Waals surface area (Å²) >= 11 is 0. The number of nitrogens with zero attached hydrogens (tertiary/aromatic N) is 4. The van der Waals surface area contributed by atoms with Gasteiger partial charge in [0.1, 0.15) is 5.56 Å². The Morgan fingerprint density at radius 2 is 2.12 bits per heavy atom. The van der Waals surface area contributed by atoms with Crippen LogP contribution < -0.4 is 10.1 Å². The summed E-state index contributed by atoms with van der Waals surface area (Å²) in [6, 6.07) is 9.60. The third kappa shape index (κ3) is 3.26. The maximum Gasteiger partial charge on any atom is 0.259 e. The van der Waals surface area contributed by atoms with Gasteiger partial charge in [-0.2, -0.15) is 10.2 Å². The van der Waals surface area contributed by atoms with Crippen molar-refractivity contribution in [2.24, 2.45) is 7.05 Å². The number of benzene rings is 1. The second-order valence-electron chi connectivity index (χ2n) is 5.83. The van der Waals surface area contributed by atoms with E-state index in [2.05, 4.69) is 15.5 Å². The zero-order valence-corrected chi connectivity index (χ0v) is 14.7. The Bertz CT molecular complexity index is 883. The van der Waals surface area contributed by atoms with Gasteiger partial charge in [-0.05, 0) is 37.6 Å². The van der Waals surface area contributed by atoms with E-state index in [0.717, 1.165) is 11.3 Å². The Balaban J connectivity index is 1.82. The lowest BCUT2D eigenvalue weighted by molar-refractivity contribution is 0.0936. The predicted molar refractivity (Wildman–Crippen MR) is 93.9 cm³/mol. The average Bonchev–Trinajstić information content (AvgIpc) is 3.22. The average molecular weight is 339 g/mol. The molecule has 0 spiro atoms. The first-order valence-electron chi connectivity index (χ1n) is 7.99. The molecule has 7 heteroatoms. The number of aryl methyl sites for hydroxylation is 2. The first-order valence-corrected chi connectivity index (χ1v) is 7.99. The van der Waals surface area contributed by atoms with Crippen LogP contribution in [0.3, 0.4) is 0 Å². The van der Waals surface area contributed by atoms with Gasteiger partial charge in [-0.15, -0.1) is 0 Å². The van der Waals surface area contributed by atoms with E-state index in [1.54, 1.807) is 29.5 Å². The lowest BCUT2D eigenvalue weighted by atomic mass is 10.1. The molecule has 0 saturated heterocycles. The minimum Gasteiger partial charge on any atom is -0.481 e. The fourth-order valence-electron chi connectivity index (χ4n) is 2.84. The molecule has 3 aromatic rings. The van der Waals surface area contributed by atoms with Crippen LogP contribution in [0.2, 0.25) is 0 Å². The molecular formula is C18H21N5O2. The highest BCUT2D eigenvalue weighted by atomic mass is 16.5. The van der Waals surface area contributed by atoms with Crippen molar-refractivity contribution in [1.29, 1.82) is 0 Å². The molecule has 0 aliphatic carbocycles. The normalized spacial score (nSPS) is 12.0. The van der Waals surface area contributed by atoms with Crippen molar-refractivity contribution in [2.75, 3.05) is 7.11 Å². The molecule has 7 nitrogen and oxygen atoms in total. The summed E-state index contributed by atoms with van der Waals surface area (Å²) in [5.74, 6) is 0.243. The molecule has 0 saturated carbocycles. The van der Waals surface area contributed by atoms with E-state index in [1.165, 1.54) is 7.11 Å². The highest BCUT2D eigenvalue weighted by Gasteiger charge is 2.22. The number of carbonyl (C=O) groups is 1. The predicted octanol–water partition coefficient (Wildman–Crippen LogP) is 2.41. The van der Waals surface area contributed by atoms with Gasteiger partial charge < -0.3 is 10.1 Å². The minimum atomic E-state index is -0.209. The van der Waals surface area contributed by atoms with Crippen LogP contribution in [0, 0.1) is 6.92 Å². The topological polar surface area (TPSA) is 74.0 Å². The second kappa shape index (κ2) is 6.80. The summed E-state index contributed by atoms with van der Waals surface area (Å²) in [7, 11) is 3.28. The fourth-order valence-corrected chi connectivity index (χ4v) is 2.84. The smallest absolute Gasteiger partial charge is 0.259 e. The molecule has 2 heterocycles. The Morgan fingerprint density at radius 3 is 2.80 bits per heavy atom. The van der Waals surface area contributed by atoms with Crippen LogP contribution >= 0.6 is 0 Å². The van der Waals surface area contributed by atoms with E-state index in [4.69, 9.17) is 4.74 Å². The Morgan fingerprint density at radius 1 is 1.32 bits per heavy atom. The SMILES string of the molecule is COc1c(C(=O)N[C@H](C)c2cccc(-n3cccn3)c2)c(C)nn1C. The molecule has 1 amide bonds. The van der Waals surface area contributed by atoms with E-state index in [1.807, 2.05) is 43.5 Å². The van der Waals surface area contributed by atoms with E-state index >= 15 is 0 Å². The van der Waals surface area contributed by atoms with Crippen molar-refractivity contribution in [3.05, 3.63) is 59.5 Å². The van der Waals surface area contributed by atoms with E-state index in [0.29, 0.717) is 17.1 Å². The number of ether oxygens (including phenoxy) is 1. The monoisotopic (exact) mass is 339 g/mol. The van der Waals surface area contributed by atoms with E-state index < -0.39 is 0 Å². The number of nitrogens with one attached hydrogen (secondary N) is 1. The number of aromatic nitrogens is 4. The summed E-state index contributed by atoms with van der Waals surface area (Å²) in [5.41, 5.74) is 3.02. The summed E-state index contributed by atoms with van der Waals surface area (Å²) in [6.45, 7) is 3.73. The van der Waals surface area contributed by atoms with Gasteiger partial charge in [0.15, 0.2) is 0 Å². The molecule has 0 fully saturated rings. The van der Waals surface area contributed by atoms with Crippen LogP contribution in [-0.4, -0.2) is 32.6 Å². The van der Waals surface area contributed by atoms with Gasteiger partial charge in [-0.1, -0.05) is 12.1 Å². The van der Waals surface area contributed by atoms with Gasteiger partial charge in [0.2, 0.25) is 5.88 Å². The van der Waals surface area contributed by atoms with Crippen molar-refractivity contribution in [3.63, 3.8) is 0 Å². The summed E-state index contributed by atoms with van der Waals surface area (Å²) < 4.78 is 8.65. The highest BCUT2D eigenvalue weighted by molar-refractivity contribution is 5.97. The summed E-state index contributed by atoms with van der Waals surface area (Å²) in [6.07, 6.45) is 3.61. The molecule has 130 valence electrons. The molecule has 1 aromatic carbocycles. The summed E-state index contributed by atoms with van der Waals surface area (Å²) in [5, 5.41) is 11.5. The maximum absolute atomic E-state index is 12.7. The maximum atomic E-state index is 12.7. The molecular weight excluding hydrogens is 318 g/mol. The van der Waals surface area contributed by atoms with Crippen molar-refractivity contribution in [1.82, 2.24) is 24.9 Å². The van der Waals surface area contributed by atoms with Crippen LogP contribution in [0.25, 0.3) is 5.69 Å². The molecule has 1 atom stereocenters. The third-order valence-electron chi connectivity index (χ3n) is 4.08. The van der Waals surface area contributed by atoms with Crippen molar-refractivity contribution in [3.8, 4) is 11.6 Å².